The molecule has 158 valence electrons. The van der Waals surface area contributed by atoms with Crippen LogP contribution in [0.2, 0.25) is 0 Å². The molecule has 1 aliphatic rings. The molecule has 0 spiro atoms. The van der Waals surface area contributed by atoms with Gasteiger partial charge in [-0.1, -0.05) is 25.1 Å². The van der Waals surface area contributed by atoms with Crippen LogP contribution in [-0.4, -0.2) is 50.5 Å². The summed E-state index contributed by atoms with van der Waals surface area (Å²) in [6.45, 7) is 2.86. The smallest absolute Gasteiger partial charge is 0.262 e. The highest BCUT2D eigenvalue weighted by atomic mass is 16.5. The molecule has 1 heterocycles. The van der Waals surface area contributed by atoms with Crippen molar-refractivity contribution in [3.8, 4) is 5.75 Å². The molecule has 3 N–H and O–H groups in total. The molecule has 0 radical (unpaired) electrons. The molecule has 0 aromatic heterocycles. The van der Waals surface area contributed by atoms with Crippen molar-refractivity contribution in [1.82, 2.24) is 10.6 Å². The van der Waals surface area contributed by atoms with Crippen LogP contribution < -0.4 is 25.6 Å². The van der Waals surface area contributed by atoms with Crippen LogP contribution in [0.3, 0.4) is 0 Å². The summed E-state index contributed by atoms with van der Waals surface area (Å²) < 4.78 is 5.85. The summed E-state index contributed by atoms with van der Waals surface area (Å²) in [7, 11) is 1.55. The molecule has 0 fully saturated rings. The molecule has 30 heavy (non-hydrogen) atoms. The molecule has 1 atom stereocenters. The Morgan fingerprint density at radius 2 is 1.93 bits per heavy atom. The number of hydrogen-bond acceptors (Lipinski definition) is 5. The standard InChI is InChI=1S/C22H26N4O4/c1-3-11-24-22(29)19-13-26(17-9-4-5-10-18(17)30-19)14-20(27)25-16-8-6-7-15(12-16)21(28)23-2/h4-10,12,19H,3,11,13-14H2,1-2H3,(H,23,28)(H,24,29)(H,25,27)/t19-/m0/s1. The van der Waals surface area contributed by atoms with Gasteiger partial charge in [-0.3, -0.25) is 14.4 Å². The van der Waals surface area contributed by atoms with Gasteiger partial charge >= 0.3 is 0 Å². The van der Waals surface area contributed by atoms with Gasteiger partial charge in [-0.05, 0) is 36.8 Å². The van der Waals surface area contributed by atoms with Gasteiger partial charge in [0.2, 0.25) is 5.91 Å². The van der Waals surface area contributed by atoms with Crippen LogP contribution in [0, 0.1) is 0 Å². The second kappa shape index (κ2) is 9.78. The summed E-state index contributed by atoms with van der Waals surface area (Å²) in [5, 5.41) is 8.21. The van der Waals surface area contributed by atoms with Crippen LogP contribution in [0.25, 0.3) is 0 Å². The molecule has 3 amide bonds. The van der Waals surface area contributed by atoms with E-state index in [4.69, 9.17) is 4.74 Å². The predicted molar refractivity (Wildman–Crippen MR) is 115 cm³/mol. The Morgan fingerprint density at radius 3 is 2.70 bits per heavy atom. The molecule has 8 nitrogen and oxygen atoms in total. The van der Waals surface area contributed by atoms with Crippen molar-refractivity contribution in [3.63, 3.8) is 0 Å². The third kappa shape index (κ3) is 5.08. The summed E-state index contributed by atoms with van der Waals surface area (Å²) in [4.78, 5) is 38.7. The maximum atomic E-state index is 12.7. The minimum atomic E-state index is -0.698. The second-order valence-corrected chi connectivity index (χ2v) is 6.95. The van der Waals surface area contributed by atoms with Gasteiger partial charge in [0.1, 0.15) is 5.75 Å². The van der Waals surface area contributed by atoms with Gasteiger partial charge in [0.15, 0.2) is 6.10 Å². The fraction of sp³-hybridized carbons (Fsp3) is 0.318. The van der Waals surface area contributed by atoms with E-state index in [0.717, 1.165) is 12.1 Å². The van der Waals surface area contributed by atoms with E-state index in [1.165, 1.54) is 0 Å². The Bertz CT molecular complexity index is 931. The highest BCUT2D eigenvalue weighted by molar-refractivity contribution is 5.98. The molecule has 2 aromatic rings. The monoisotopic (exact) mass is 410 g/mol. The van der Waals surface area contributed by atoms with Gasteiger partial charge in [0.25, 0.3) is 11.8 Å². The highest BCUT2D eigenvalue weighted by Crippen LogP contribution is 2.33. The molecule has 0 aliphatic carbocycles. The zero-order valence-corrected chi connectivity index (χ0v) is 17.1. The summed E-state index contributed by atoms with van der Waals surface area (Å²) in [5.74, 6) is -0.118. The van der Waals surface area contributed by atoms with Gasteiger partial charge in [0, 0.05) is 24.8 Å². The fourth-order valence-corrected chi connectivity index (χ4v) is 3.21. The quantitative estimate of drug-likeness (QED) is 0.646. The van der Waals surface area contributed by atoms with Crippen molar-refractivity contribution in [2.45, 2.75) is 19.4 Å². The number of ether oxygens (including phenoxy) is 1. The summed E-state index contributed by atoms with van der Waals surface area (Å²) in [5.41, 5.74) is 1.74. The normalized spacial score (nSPS) is 14.9. The predicted octanol–water partition coefficient (Wildman–Crippen LogP) is 1.78. The zero-order valence-electron chi connectivity index (χ0n) is 17.1. The molecule has 0 saturated heterocycles. The van der Waals surface area contributed by atoms with Gasteiger partial charge in [-0.25, -0.2) is 0 Å². The number of amides is 3. The summed E-state index contributed by atoms with van der Waals surface area (Å²) >= 11 is 0. The number of benzene rings is 2. The van der Waals surface area contributed by atoms with E-state index in [1.807, 2.05) is 30.0 Å². The maximum Gasteiger partial charge on any atom is 0.262 e. The number of anilines is 2. The number of rotatable bonds is 7. The van der Waals surface area contributed by atoms with Gasteiger partial charge < -0.3 is 25.6 Å². The van der Waals surface area contributed by atoms with E-state index in [9.17, 15) is 14.4 Å². The van der Waals surface area contributed by atoms with Crippen LogP contribution in [0.1, 0.15) is 23.7 Å². The summed E-state index contributed by atoms with van der Waals surface area (Å²) in [6, 6.07) is 14.0. The van der Waals surface area contributed by atoms with Gasteiger partial charge in [0.05, 0.1) is 18.8 Å². The van der Waals surface area contributed by atoms with E-state index in [0.29, 0.717) is 23.5 Å². The molecule has 8 heteroatoms. The first kappa shape index (κ1) is 21.2. The van der Waals surface area contributed by atoms with Crippen LogP contribution in [0.15, 0.2) is 48.5 Å². The number of carbonyl (C=O) groups is 3. The van der Waals surface area contributed by atoms with Crippen molar-refractivity contribution in [3.05, 3.63) is 54.1 Å². The fourth-order valence-electron chi connectivity index (χ4n) is 3.21. The molecule has 1 aliphatic heterocycles. The first-order chi connectivity index (χ1) is 14.5. The minimum Gasteiger partial charge on any atom is -0.477 e. The van der Waals surface area contributed by atoms with Crippen LogP contribution in [-0.2, 0) is 9.59 Å². The van der Waals surface area contributed by atoms with Crippen LogP contribution in [0.5, 0.6) is 5.75 Å². The van der Waals surface area contributed by atoms with Crippen molar-refractivity contribution in [1.29, 1.82) is 0 Å². The van der Waals surface area contributed by atoms with E-state index in [1.54, 1.807) is 37.4 Å². The maximum absolute atomic E-state index is 12.7. The Morgan fingerprint density at radius 1 is 1.13 bits per heavy atom. The first-order valence-corrected chi connectivity index (χ1v) is 9.92. The molecular formula is C22H26N4O4. The van der Waals surface area contributed by atoms with E-state index >= 15 is 0 Å². The number of hydrogen-bond donors (Lipinski definition) is 3. The van der Waals surface area contributed by atoms with Crippen molar-refractivity contribution in [2.24, 2.45) is 0 Å². The number of nitrogens with zero attached hydrogens (tertiary/aromatic N) is 1. The SMILES string of the molecule is CCCNC(=O)[C@@H]1CN(CC(=O)Nc2cccc(C(=O)NC)c2)c2ccccc2O1. The Kier molecular flexibility index (Phi) is 6.90. The largest absolute Gasteiger partial charge is 0.477 e. The lowest BCUT2D eigenvalue weighted by Gasteiger charge is -2.35. The lowest BCUT2D eigenvalue weighted by Crippen LogP contribution is -2.50. The Hall–Kier alpha value is -3.55. The minimum absolute atomic E-state index is 0.0438. The topological polar surface area (TPSA) is 99.8 Å². The molecule has 3 rings (SSSR count). The number of carbonyl (C=O) groups excluding carboxylic acids is 3. The number of fused-ring (bicyclic) bond motifs is 1. The third-order valence-electron chi connectivity index (χ3n) is 4.67. The summed E-state index contributed by atoms with van der Waals surface area (Å²) in [6.07, 6.45) is 0.131. The Balaban J connectivity index is 1.72. The van der Waals surface area contributed by atoms with Gasteiger partial charge in [-0.2, -0.15) is 0 Å². The lowest BCUT2D eigenvalue weighted by atomic mass is 10.1. The molecule has 2 aromatic carbocycles. The van der Waals surface area contributed by atoms with Crippen LogP contribution in [0.4, 0.5) is 11.4 Å². The van der Waals surface area contributed by atoms with E-state index in [2.05, 4.69) is 16.0 Å². The lowest BCUT2D eigenvalue weighted by molar-refractivity contribution is -0.128. The highest BCUT2D eigenvalue weighted by Gasteiger charge is 2.31. The third-order valence-corrected chi connectivity index (χ3v) is 4.67. The molecule has 0 saturated carbocycles. The Labute approximate surface area is 175 Å². The van der Waals surface area contributed by atoms with Gasteiger partial charge in [-0.15, -0.1) is 0 Å². The van der Waals surface area contributed by atoms with E-state index in [-0.39, 0.29) is 30.8 Å². The molecule has 0 unspecified atom stereocenters. The number of nitrogens with one attached hydrogen (secondary N) is 3. The average Bonchev–Trinajstić information content (AvgIpc) is 2.76. The molecule has 0 bridgehead atoms. The van der Waals surface area contributed by atoms with Crippen molar-refractivity contribution in [2.75, 3.05) is 36.9 Å². The van der Waals surface area contributed by atoms with E-state index < -0.39 is 6.10 Å². The average molecular weight is 410 g/mol. The number of para-hydroxylation sites is 2. The van der Waals surface area contributed by atoms with Crippen molar-refractivity contribution >= 4 is 29.1 Å². The second-order valence-electron chi connectivity index (χ2n) is 6.95. The molecular weight excluding hydrogens is 384 g/mol. The van der Waals surface area contributed by atoms with Crippen molar-refractivity contribution < 1.29 is 19.1 Å². The first-order valence-electron chi connectivity index (χ1n) is 9.92. The van der Waals surface area contributed by atoms with Crippen LogP contribution >= 0.6 is 0 Å². The zero-order chi connectivity index (χ0) is 21.5.